The molecule has 196 valence electrons. The SMILES string of the molecule is CC(C)c1nc2c(c(-c3ccc(F)cc3)c1C(OC(C)(C)C)C(=O)O)CN(c1ccccc1)CC2(C)C. The molecule has 1 aliphatic rings. The standard InChI is InChI=1S/C31H37FN2O3/c1-19(2)26-25(27(29(35)36)37-30(3,4)5)24(20-13-15-21(32)16-14-20)23-17-34(22-11-9-8-10-12-22)18-31(6,7)28(23)33-26/h8-16,19,27H,17-18H2,1-7H3,(H,35,36). The summed E-state index contributed by atoms with van der Waals surface area (Å²) in [7, 11) is 0. The number of carbonyl (C=O) groups is 1. The number of aliphatic carboxylic acids is 1. The molecule has 1 unspecified atom stereocenters. The summed E-state index contributed by atoms with van der Waals surface area (Å²) < 4.78 is 20.2. The lowest BCUT2D eigenvalue weighted by atomic mass is 9.76. The van der Waals surface area contributed by atoms with Gasteiger partial charge in [0.1, 0.15) is 5.82 Å². The van der Waals surface area contributed by atoms with E-state index in [4.69, 9.17) is 9.72 Å². The first-order chi connectivity index (χ1) is 17.3. The van der Waals surface area contributed by atoms with Crippen LogP contribution in [0.3, 0.4) is 0 Å². The number of hydrogen-bond donors (Lipinski definition) is 1. The van der Waals surface area contributed by atoms with Gasteiger partial charge in [-0.3, -0.25) is 4.98 Å². The summed E-state index contributed by atoms with van der Waals surface area (Å²) in [5, 5.41) is 10.4. The summed E-state index contributed by atoms with van der Waals surface area (Å²) in [6.45, 7) is 15.3. The molecule has 4 rings (SSSR count). The normalized spacial score (nSPS) is 16.0. The maximum Gasteiger partial charge on any atom is 0.337 e. The third-order valence-corrected chi connectivity index (χ3v) is 6.70. The lowest BCUT2D eigenvalue weighted by Crippen LogP contribution is -2.44. The number of anilines is 1. The number of fused-ring (bicyclic) bond motifs is 1. The van der Waals surface area contributed by atoms with Gasteiger partial charge >= 0.3 is 5.97 Å². The van der Waals surface area contributed by atoms with Crippen molar-refractivity contribution in [3.63, 3.8) is 0 Å². The largest absolute Gasteiger partial charge is 0.479 e. The predicted octanol–water partition coefficient (Wildman–Crippen LogP) is 7.25. The molecule has 0 fully saturated rings. The van der Waals surface area contributed by atoms with Gasteiger partial charge in [0, 0.05) is 35.3 Å². The van der Waals surface area contributed by atoms with E-state index < -0.39 is 17.7 Å². The van der Waals surface area contributed by atoms with Crippen molar-refractivity contribution in [3.05, 3.63) is 82.9 Å². The second kappa shape index (κ2) is 9.90. The number of pyridine rings is 1. The van der Waals surface area contributed by atoms with Crippen molar-refractivity contribution < 1.29 is 19.0 Å². The third-order valence-electron chi connectivity index (χ3n) is 6.70. The molecule has 0 saturated heterocycles. The fourth-order valence-electron chi connectivity index (χ4n) is 5.23. The molecule has 0 aliphatic carbocycles. The van der Waals surface area contributed by atoms with Crippen molar-refractivity contribution in [1.82, 2.24) is 4.98 Å². The van der Waals surface area contributed by atoms with Crippen molar-refractivity contribution in [1.29, 1.82) is 0 Å². The smallest absolute Gasteiger partial charge is 0.337 e. The van der Waals surface area contributed by atoms with Crippen molar-refractivity contribution in [2.45, 2.75) is 78.0 Å². The highest BCUT2D eigenvalue weighted by Gasteiger charge is 2.40. The van der Waals surface area contributed by atoms with Gasteiger partial charge in [0.05, 0.1) is 17.0 Å². The van der Waals surface area contributed by atoms with E-state index in [0.29, 0.717) is 17.8 Å². The van der Waals surface area contributed by atoms with E-state index in [9.17, 15) is 14.3 Å². The molecule has 5 nitrogen and oxygen atoms in total. The number of aromatic nitrogens is 1. The van der Waals surface area contributed by atoms with Gasteiger partial charge < -0.3 is 14.7 Å². The minimum atomic E-state index is -1.23. The van der Waals surface area contributed by atoms with Gasteiger partial charge in [-0.2, -0.15) is 0 Å². The molecule has 2 heterocycles. The van der Waals surface area contributed by atoms with Gasteiger partial charge in [-0.05, 0) is 62.1 Å². The Balaban J connectivity index is 2.09. The molecule has 1 atom stereocenters. The van der Waals surface area contributed by atoms with Crippen LogP contribution in [0.15, 0.2) is 54.6 Å². The van der Waals surface area contributed by atoms with Crippen LogP contribution in [-0.4, -0.2) is 28.2 Å². The van der Waals surface area contributed by atoms with Gasteiger partial charge in [-0.1, -0.05) is 58.0 Å². The first-order valence-electron chi connectivity index (χ1n) is 12.8. The monoisotopic (exact) mass is 504 g/mol. The lowest BCUT2D eigenvalue weighted by molar-refractivity contribution is -0.160. The Morgan fingerprint density at radius 2 is 1.70 bits per heavy atom. The molecule has 1 aliphatic heterocycles. The summed E-state index contributed by atoms with van der Waals surface area (Å²) in [5.74, 6) is -1.46. The Morgan fingerprint density at radius 3 is 2.24 bits per heavy atom. The number of nitrogens with zero attached hydrogens (tertiary/aromatic N) is 2. The molecule has 1 N–H and O–H groups in total. The number of benzene rings is 2. The zero-order valence-electron chi connectivity index (χ0n) is 22.8. The number of para-hydroxylation sites is 1. The molecule has 37 heavy (non-hydrogen) atoms. The minimum Gasteiger partial charge on any atom is -0.479 e. The molecule has 0 amide bonds. The van der Waals surface area contributed by atoms with Gasteiger partial charge in [0.15, 0.2) is 6.10 Å². The van der Waals surface area contributed by atoms with Gasteiger partial charge in [0.2, 0.25) is 0 Å². The second-order valence-corrected chi connectivity index (χ2v) is 11.8. The molecule has 3 aromatic rings. The molecule has 6 heteroatoms. The highest BCUT2D eigenvalue weighted by molar-refractivity contribution is 5.83. The van der Waals surface area contributed by atoms with E-state index in [-0.39, 0.29) is 17.2 Å². The molecule has 0 radical (unpaired) electrons. The number of halogens is 1. The average Bonchev–Trinajstić information content (AvgIpc) is 2.81. The Labute approximate surface area is 219 Å². The van der Waals surface area contributed by atoms with Gasteiger partial charge in [-0.15, -0.1) is 0 Å². The summed E-state index contributed by atoms with van der Waals surface area (Å²) in [4.78, 5) is 20.2. The molecule has 1 aromatic heterocycles. The zero-order valence-corrected chi connectivity index (χ0v) is 22.8. The van der Waals surface area contributed by atoms with Gasteiger partial charge in [0.25, 0.3) is 0 Å². The van der Waals surface area contributed by atoms with Crippen molar-refractivity contribution >= 4 is 11.7 Å². The van der Waals surface area contributed by atoms with Gasteiger partial charge in [-0.25, -0.2) is 9.18 Å². The molecule has 2 aromatic carbocycles. The van der Waals surface area contributed by atoms with E-state index >= 15 is 0 Å². The molecular formula is C31H37FN2O3. The highest BCUT2D eigenvalue weighted by atomic mass is 19.1. The maximum absolute atomic E-state index is 14.0. The number of hydrogen-bond acceptors (Lipinski definition) is 4. The minimum absolute atomic E-state index is 0.0483. The molecule has 0 bridgehead atoms. The van der Waals surface area contributed by atoms with Crippen LogP contribution in [0.5, 0.6) is 0 Å². The summed E-state index contributed by atoms with van der Waals surface area (Å²) in [6, 6.07) is 16.5. The first-order valence-corrected chi connectivity index (χ1v) is 12.8. The van der Waals surface area contributed by atoms with E-state index in [0.717, 1.165) is 34.6 Å². The van der Waals surface area contributed by atoms with Crippen LogP contribution in [0.1, 0.15) is 83.0 Å². The van der Waals surface area contributed by atoms with Crippen molar-refractivity contribution in [3.8, 4) is 11.1 Å². The van der Waals surface area contributed by atoms with Crippen LogP contribution in [0.25, 0.3) is 11.1 Å². The van der Waals surface area contributed by atoms with E-state index in [2.05, 4.69) is 30.9 Å². The second-order valence-electron chi connectivity index (χ2n) is 11.8. The summed E-state index contributed by atoms with van der Waals surface area (Å²) in [5.41, 5.74) is 4.75. The number of ether oxygens (including phenoxy) is 1. The first kappa shape index (κ1) is 26.8. The Kier molecular flexibility index (Phi) is 7.17. The molecule has 0 spiro atoms. The van der Waals surface area contributed by atoms with Crippen LogP contribution in [0.2, 0.25) is 0 Å². The van der Waals surface area contributed by atoms with Crippen molar-refractivity contribution in [2.75, 3.05) is 11.4 Å². The van der Waals surface area contributed by atoms with E-state index in [1.54, 1.807) is 12.1 Å². The lowest BCUT2D eigenvalue weighted by Gasteiger charge is -2.42. The Morgan fingerprint density at radius 1 is 1.08 bits per heavy atom. The van der Waals surface area contributed by atoms with Crippen LogP contribution in [0, 0.1) is 5.82 Å². The predicted molar refractivity (Wildman–Crippen MR) is 145 cm³/mol. The van der Waals surface area contributed by atoms with Crippen LogP contribution >= 0.6 is 0 Å². The number of carboxylic acid groups (broad SMARTS) is 1. The summed E-state index contributed by atoms with van der Waals surface area (Å²) in [6.07, 6.45) is -1.23. The highest BCUT2D eigenvalue weighted by Crippen LogP contribution is 2.46. The van der Waals surface area contributed by atoms with Crippen LogP contribution in [0.4, 0.5) is 10.1 Å². The number of rotatable bonds is 6. The Hall–Kier alpha value is -3.25. The molecular weight excluding hydrogens is 467 g/mol. The van der Waals surface area contributed by atoms with Crippen molar-refractivity contribution in [2.24, 2.45) is 0 Å². The topological polar surface area (TPSA) is 62.7 Å². The van der Waals surface area contributed by atoms with E-state index in [1.165, 1.54) is 12.1 Å². The quantitative estimate of drug-likeness (QED) is 0.383. The Bertz CT molecular complexity index is 1280. The maximum atomic E-state index is 14.0. The molecule has 0 saturated carbocycles. The zero-order chi connectivity index (χ0) is 27.1. The fraction of sp³-hybridized carbons (Fsp3) is 0.419. The van der Waals surface area contributed by atoms with Crippen LogP contribution in [-0.2, 0) is 21.5 Å². The average molecular weight is 505 g/mol. The third kappa shape index (κ3) is 5.54. The number of carboxylic acids is 1. The van der Waals surface area contributed by atoms with Crippen LogP contribution < -0.4 is 4.90 Å². The summed E-state index contributed by atoms with van der Waals surface area (Å²) >= 11 is 0. The fourth-order valence-corrected chi connectivity index (χ4v) is 5.23. The van der Waals surface area contributed by atoms with E-state index in [1.807, 2.05) is 52.8 Å².